The molecular weight excluding hydrogens is 304 g/mol. The molecule has 9 heteroatoms. The smallest absolute Gasteiger partial charge is 0.354 e. The Bertz CT molecular complexity index is 768. The van der Waals surface area contributed by atoms with Gasteiger partial charge in [0.05, 0.1) is 0 Å². The van der Waals surface area contributed by atoms with Crippen LogP contribution >= 0.6 is 0 Å². The molecule has 2 heterocycles. The van der Waals surface area contributed by atoms with Crippen LogP contribution in [0, 0.1) is 11.3 Å². The molecule has 23 heavy (non-hydrogen) atoms. The van der Waals surface area contributed by atoms with Gasteiger partial charge in [0.2, 0.25) is 0 Å². The molecule has 0 bridgehead atoms. The first-order valence-electron chi connectivity index (χ1n) is 5.95. The number of nitriles is 1. The van der Waals surface area contributed by atoms with Crippen LogP contribution in [0.15, 0.2) is 36.4 Å². The van der Waals surface area contributed by atoms with Crippen LogP contribution in [0.4, 0.5) is 0 Å². The molecule has 0 atom stereocenters. The van der Waals surface area contributed by atoms with Gasteiger partial charge in [0, 0.05) is 0 Å². The summed E-state index contributed by atoms with van der Waals surface area (Å²) in [4.78, 5) is 38.2. The molecule has 0 aliphatic carbocycles. The van der Waals surface area contributed by atoms with Crippen molar-refractivity contribution >= 4 is 17.8 Å². The van der Waals surface area contributed by atoms with Gasteiger partial charge in [-0.1, -0.05) is 12.1 Å². The Morgan fingerprint density at radius 2 is 1.39 bits per heavy atom. The summed E-state index contributed by atoms with van der Waals surface area (Å²) in [5, 5.41) is 25.2. The lowest BCUT2D eigenvalue weighted by atomic mass is 10.3. The van der Waals surface area contributed by atoms with E-state index in [1.807, 2.05) is 0 Å². The lowest BCUT2D eigenvalue weighted by molar-refractivity contribution is 0.0679. The first kappa shape index (κ1) is 17.3. The van der Waals surface area contributed by atoms with Gasteiger partial charge in [-0.3, -0.25) is 4.79 Å². The fourth-order valence-electron chi connectivity index (χ4n) is 1.31. The van der Waals surface area contributed by atoms with Gasteiger partial charge in [-0.2, -0.15) is 5.26 Å². The van der Waals surface area contributed by atoms with E-state index in [4.69, 9.17) is 21.2 Å². The molecule has 2 rings (SSSR count). The zero-order valence-electron chi connectivity index (χ0n) is 11.5. The average Bonchev–Trinajstić information content (AvgIpc) is 2.55. The highest BCUT2D eigenvalue weighted by Gasteiger charge is 2.07. The van der Waals surface area contributed by atoms with E-state index >= 15 is 0 Å². The first-order chi connectivity index (χ1) is 10.8. The number of hydrogen-bond donors (Lipinski definition) is 3. The minimum absolute atomic E-state index is 0.0464. The molecule has 0 spiro atoms. The number of hydrogen-bond acceptors (Lipinski definition) is 6. The van der Waals surface area contributed by atoms with Crippen LogP contribution < -0.4 is 5.73 Å². The van der Waals surface area contributed by atoms with Crippen molar-refractivity contribution < 1.29 is 24.6 Å². The van der Waals surface area contributed by atoms with Crippen molar-refractivity contribution in [1.82, 2.24) is 9.97 Å². The first-order valence-corrected chi connectivity index (χ1v) is 5.95. The molecular formula is C14H10N4O5. The molecule has 0 fully saturated rings. The molecule has 0 radical (unpaired) electrons. The van der Waals surface area contributed by atoms with Crippen molar-refractivity contribution in [2.75, 3.05) is 0 Å². The standard InChI is InChI=1S/C7H6N2O3.C7H4N2O2/c8-6(10)4-2-1-3-5(9-4)7(11)12;8-4-5-2-1-3-6(9-5)7(10)11/h1-3H,(H2,8,10)(H,11,12);1-3H,(H,10,11). The van der Waals surface area contributed by atoms with E-state index in [0.717, 1.165) is 0 Å². The third-order valence-corrected chi connectivity index (χ3v) is 2.30. The van der Waals surface area contributed by atoms with Crippen LogP contribution in [-0.2, 0) is 0 Å². The Morgan fingerprint density at radius 3 is 1.87 bits per heavy atom. The van der Waals surface area contributed by atoms with Crippen LogP contribution in [0.25, 0.3) is 0 Å². The summed E-state index contributed by atoms with van der Waals surface area (Å²) >= 11 is 0. The molecule has 2 aromatic rings. The minimum atomic E-state index is -1.18. The predicted molar refractivity (Wildman–Crippen MR) is 75.6 cm³/mol. The number of carboxylic acids is 2. The molecule has 0 saturated carbocycles. The van der Waals surface area contributed by atoms with Crippen LogP contribution in [0.1, 0.15) is 37.2 Å². The van der Waals surface area contributed by atoms with Crippen LogP contribution in [0.3, 0.4) is 0 Å². The van der Waals surface area contributed by atoms with Crippen LogP contribution in [0.2, 0.25) is 0 Å². The SMILES string of the molecule is N#Cc1cccc(C(=O)O)n1.NC(=O)c1cccc(C(=O)O)n1. The topological polar surface area (TPSA) is 167 Å². The van der Waals surface area contributed by atoms with Crippen molar-refractivity contribution in [2.24, 2.45) is 5.73 Å². The lowest BCUT2D eigenvalue weighted by Gasteiger charge is -1.95. The van der Waals surface area contributed by atoms with Crippen molar-refractivity contribution in [3.8, 4) is 6.07 Å². The van der Waals surface area contributed by atoms with Gasteiger partial charge in [0.1, 0.15) is 28.8 Å². The van der Waals surface area contributed by atoms with Gasteiger partial charge in [0.15, 0.2) is 0 Å². The Balaban J connectivity index is 0.000000231. The highest BCUT2D eigenvalue weighted by Crippen LogP contribution is 1.98. The average molecular weight is 314 g/mol. The number of carboxylic acid groups (broad SMARTS) is 2. The molecule has 0 saturated heterocycles. The second-order valence-electron chi connectivity index (χ2n) is 3.90. The number of carbonyl (C=O) groups is 3. The van der Waals surface area contributed by atoms with E-state index in [-0.39, 0.29) is 22.8 Å². The normalized spacial score (nSPS) is 9.00. The predicted octanol–water partition coefficient (Wildman–Crippen LogP) is 0.530. The second-order valence-corrected chi connectivity index (χ2v) is 3.90. The summed E-state index contributed by atoms with van der Waals surface area (Å²) in [6.07, 6.45) is 0. The summed E-state index contributed by atoms with van der Waals surface area (Å²) in [6, 6.07) is 10.1. The number of amides is 1. The fourth-order valence-corrected chi connectivity index (χ4v) is 1.31. The number of aromatic nitrogens is 2. The molecule has 9 nitrogen and oxygen atoms in total. The van der Waals surface area contributed by atoms with Gasteiger partial charge >= 0.3 is 11.9 Å². The summed E-state index contributed by atoms with van der Waals surface area (Å²) in [6.45, 7) is 0. The molecule has 0 aliphatic heterocycles. The Kier molecular flexibility index (Phi) is 5.88. The summed E-state index contributed by atoms with van der Waals surface area (Å²) in [5.74, 6) is -3.04. The maximum Gasteiger partial charge on any atom is 0.354 e. The number of carbonyl (C=O) groups excluding carboxylic acids is 1. The molecule has 0 aromatic carbocycles. The van der Waals surface area contributed by atoms with E-state index in [1.165, 1.54) is 36.4 Å². The van der Waals surface area contributed by atoms with Gasteiger partial charge in [0.25, 0.3) is 5.91 Å². The monoisotopic (exact) mass is 314 g/mol. The number of primary amides is 1. The number of pyridine rings is 2. The second kappa shape index (κ2) is 7.84. The third kappa shape index (κ3) is 5.24. The van der Waals surface area contributed by atoms with E-state index in [0.29, 0.717) is 0 Å². The van der Waals surface area contributed by atoms with E-state index in [2.05, 4.69) is 9.97 Å². The van der Waals surface area contributed by atoms with Crippen molar-refractivity contribution in [2.45, 2.75) is 0 Å². The largest absolute Gasteiger partial charge is 0.477 e. The zero-order valence-corrected chi connectivity index (χ0v) is 11.5. The summed E-state index contributed by atoms with van der Waals surface area (Å²) < 4.78 is 0. The number of nitrogens with zero attached hydrogens (tertiary/aromatic N) is 3. The molecule has 0 aliphatic rings. The van der Waals surface area contributed by atoms with Crippen LogP contribution in [0.5, 0.6) is 0 Å². The minimum Gasteiger partial charge on any atom is -0.477 e. The van der Waals surface area contributed by atoms with Gasteiger partial charge in [-0.05, 0) is 24.3 Å². The quantitative estimate of drug-likeness (QED) is 0.737. The van der Waals surface area contributed by atoms with E-state index in [1.54, 1.807) is 6.07 Å². The van der Waals surface area contributed by atoms with Gasteiger partial charge in [-0.25, -0.2) is 19.6 Å². The van der Waals surface area contributed by atoms with Crippen molar-refractivity contribution in [3.63, 3.8) is 0 Å². The van der Waals surface area contributed by atoms with Gasteiger partial charge in [-0.15, -0.1) is 0 Å². The fraction of sp³-hybridized carbons (Fsp3) is 0. The van der Waals surface area contributed by atoms with Crippen LogP contribution in [-0.4, -0.2) is 38.0 Å². The zero-order chi connectivity index (χ0) is 17.4. The lowest BCUT2D eigenvalue weighted by Crippen LogP contribution is -2.14. The molecule has 1 amide bonds. The molecule has 116 valence electrons. The van der Waals surface area contributed by atoms with Crippen molar-refractivity contribution in [3.05, 3.63) is 59.2 Å². The van der Waals surface area contributed by atoms with Gasteiger partial charge < -0.3 is 15.9 Å². The number of rotatable bonds is 3. The Morgan fingerprint density at radius 1 is 0.913 bits per heavy atom. The molecule has 0 unspecified atom stereocenters. The Labute approximate surface area is 129 Å². The highest BCUT2D eigenvalue weighted by atomic mass is 16.4. The maximum absolute atomic E-state index is 10.5. The summed E-state index contributed by atoms with van der Waals surface area (Å²) in [5.41, 5.74) is 4.66. The molecule has 2 aromatic heterocycles. The summed E-state index contributed by atoms with van der Waals surface area (Å²) in [7, 11) is 0. The number of nitrogens with two attached hydrogens (primary N) is 1. The third-order valence-electron chi connectivity index (χ3n) is 2.30. The molecule has 4 N–H and O–H groups in total. The van der Waals surface area contributed by atoms with E-state index in [9.17, 15) is 14.4 Å². The van der Waals surface area contributed by atoms with Crippen molar-refractivity contribution in [1.29, 1.82) is 5.26 Å². The van der Waals surface area contributed by atoms with E-state index < -0.39 is 17.8 Å². The Hall–Kier alpha value is -3.80. The highest BCUT2D eigenvalue weighted by molar-refractivity contribution is 5.92. The maximum atomic E-state index is 10.5. The number of aromatic carboxylic acids is 2.